The van der Waals surface area contributed by atoms with Gasteiger partial charge in [0, 0.05) is 43.5 Å². The predicted octanol–water partition coefficient (Wildman–Crippen LogP) is 1.51. The minimum absolute atomic E-state index is 0.606. The molecule has 3 heterocycles. The molecule has 7 nitrogen and oxygen atoms in total. The highest BCUT2D eigenvalue weighted by molar-refractivity contribution is 5.43. The zero-order chi connectivity index (χ0) is 16.4. The van der Waals surface area contributed by atoms with Gasteiger partial charge in [0.15, 0.2) is 0 Å². The Balaban J connectivity index is 1.35. The van der Waals surface area contributed by atoms with Gasteiger partial charge in [-0.05, 0) is 32.6 Å². The van der Waals surface area contributed by atoms with Crippen molar-refractivity contribution in [1.29, 1.82) is 0 Å². The molecule has 2 aromatic heterocycles. The lowest BCUT2D eigenvalue weighted by Crippen LogP contribution is -2.47. The average molecular weight is 327 g/mol. The zero-order valence-corrected chi connectivity index (χ0v) is 14.3. The smallest absolute Gasteiger partial charge is 0.137 e. The Morgan fingerprint density at radius 2 is 1.83 bits per heavy atom. The molecule has 2 aliphatic rings. The van der Waals surface area contributed by atoms with Gasteiger partial charge >= 0.3 is 0 Å². The summed E-state index contributed by atoms with van der Waals surface area (Å²) < 4.78 is 1.91. The monoisotopic (exact) mass is 327 g/mol. The number of hydrogen-bond acceptors (Lipinski definition) is 6. The van der Waals surface area contributed by atoms with E-state index in [4.69, 9.17) is 0 Å². The third kappa shape index (κ3) is 3.56. The molecular weight excluding hydrogens is 302 g/mol. The third-order valence-electron chi connectivity index (χ3n) is 5.06. The van der Waals surface area contributed by atoms with E-state index >= 15 is 0 Å². The molecule has 2 aromatic rings. The standard InChI is InChI=1S/C17H25N7/c1-14-10-17(20-12-19-14)24(15-2-3-15)16-4-6-22(7-5-16)8-9-23-13-18-11-21-23/h10-13,15-16H,2-9H2,1H3. The van der Waals surface area contributed by atoms with Gasteiger partial charge < -0.3 is 9.80 Å². The van der Waals surface area contributed by atoms with Crippen molar-refractivity contribution >= 4 is 5.82 Å². The second-order valence-corrected chi connectivity index (χ2v) is 6.89. The molecule has 1 saturated carbocycles. The highest BCUT2D eigenvalue weighted by Crippen LogP contribution is 2.35. The molecule has 1 saturated heterocycles. The number of anilines is 1. The Labute approximate surface area is 142 Å². The molecule has 0 unspecified atom stereocenters. The lowest BCUT2D eigenvalue weighted by molar-refractivity contribution is 0.199. The Morgan fingerprint density at radius 3 is 2.50 bits per heavy atom. The fourth-order valence-electron chi connectivity index (χ4n) is 3.62. The van der Waals surface area contributed by atoms with Crippen molar-refractivity contribution in [3.63, 3.8) is 0 Å². The summed E-state index contributed by atoms with van der Waals surface area (Å²) in [5, 5.41) is 4.18. The molecule has 0 amide bonds. The van der Waals surface area contributed by atoms with E-state index in [2.05, 4.69) is 35.9 Å². The predicted molar refractivity (Wildman–Crippen MR) is 91.8 cm³/mol. The Morgan fingerprint density at radius 1 is 1.04 bits per heavy atom. The highest BCUT2D eigenvalue weighted by atomic mass is 15.3. The van der Waals surface area contributed by atoms with Crippen LogP contribution in [-0.2, 0) is 6.54 Å². The van der Waals surface area contributed by atoms with E-state index in [0.717, 1.165) is 37.7 Å². The summed E-state index contributed by atoms with van der Waals surface area (Å²) in [4.78, 5) is 17.9. The van der Waals surface area contributed by atoms with Gasteiger partial charge in [-0.15, -0.1) is 0 Å². The third-order valence-corrected chi connectivity index (χ3v) is 5.06. The van der Waals surface area contributed by atoms with Crippen molar-refractivity contribution in [2.75, 3.05) is 24.5 Å². The second-order valence-electron chi connectivity index (χ2n) is 6.89. The SMILES string of the molecule is Cc1cc(N(C2CC2)C2CCN(CCn3cncn3)CC2)ncn1. The lowest BCUT2D eigenvalue weighted by atomic mass is 10.0. The molecule has 1 aliphatic heterocycles. The Kier molecular flexibility index (Phi) is 4.42. The number of rotatable bonds is 6. The summed E-state index contributed by atoms with van der Waals surface area (Å²) >= 11 is 0. The van der Waals surface area contributed by atoms with Crippen molar-refractivity contribution in [1.82, 2.24) is 29.6 Å². The molecule has 128 valence electrons. The number of piperidine rings is 1. The maximum atomic E-state index is 4.55. The molecule has 0 aromatic carbocycles. The molecule has 0 bridgehead atoms. The maximum Gasteiger partial charge on any atom is 0.137 e. The first kappa shape index (κ1) is 15.5. The van der Waals surface area contributed by atoms with E-state index in [1.54, 1.807) is 19.0 Å². The van der Waals surface area contributed by atoms with Gasteiger partial charge in [0.1, 0.15) is 24.8 Å². The second kappa shape index (κ2) is 6.84. The van der Waals surface area contributed by atoms with Crippen LogP contribution in [0, 0.1) is 6.92 Å². The average Bonchev–Trinajstić information content (AvgIpc) is 3.28. The van der Waals surface area contributed by atoms with Gasteiger partial charge in [-0.2, -0.15) is 5.10 Å². The zero-order valence-electron chi connectivity index (χ0n) is 14.3. The van der Waals surface area contributed by atoms with E-state index in [1.165, 1.54) is 25.7 Å². The van der Waals surface area contributed by atoms with Gasteiger partial charge in [-0.1, -0.05) is 0 Å². The van der Waals surface area contributed by atoms with Crippen molar-refractivity contribution in [3.8, 4) is 0 Å². The number of hydrogen-bond donors (Lipinski definition) is 0. The first-order chi connectivity index (χ1) is 11.8. The van der Waals surface area contributed by atoms with Crippen molar-refractivity contribution in [2.24, 2.45) is 0 Å². The molecule has 0 atom stereocenters. The summed E-state index contributed by atoms with van der Waals surface area (Å²) in [7, 11) is 0. The van der Waals surface area contributed by atoms with E-state index in [9.17, 15) is 0 Å². The minimum Gasteiger partial charge on any atom is -0.350 e. The molecule has 7 heteroatoms. The van der Waals surface area contributed by atoms with Crippen LogP contribution in [-0.4, -0.2) is 61.4 Å². The summed E-state index contributed by atoms with van der Waals surface area (Å²) in [6, 6.07) is 3.43. The van der Waals surface area contributed by atoms with Crippen LogP contribution < -0.4 is 4.90 Å². The molecule has 24 heavy (non-hydrogen) atoms. The Hall–Kier alpha value is -2.02. The first-order valence-corrected chi connectivity index (χ1v) is 8.91. The van der Waals surface area contributed by atoms with E-state index < -0.39 is 0 Å². The van der Waals surface area contributed by atoms with Crippen LogP contribution in [0.2, 0.25) is 0 Å². The summed E-state index contributed by atoms with van der Waals surface area (Å²) in [5.41, 5.74) is 1.05. The van der Waals surface area contributed by atoms with E-state index in [1.807, 2.05) is 11.6 Å². The van der Waals surface area contributed by atoms with E-state index in [-0.39, 0.29) is 0 Å². The van der Waals surface area contributed by atoms with Gasteiger partial charge in [-0.3, -0.25) is 4.68 Å². The van der Waals surface area contributed by atoms with Crippen LogP contribution in [0.5, 0.6) is 0 Å². The first-order valence-electron chi connectivity index (χ1n) is 8.91. The minimum atomic E-state index is 0.606. The summed E-state index contributed by atoms with van der Waals surface area (Å²) in [6.07, 6.45) is 10.1. The maximum absolute atomic E-state index is 4.55. The van der Waals surface area contributed by atoms with Gasteiger partial charge in [0.2, 0.25) is 0 Å². The molecular formula is C17H25N7. The van der Waals surface area contributed by atoms with Crippen LogP contribution >= 0.6 is 0 Å². The number of likely N-dealkylation sites (tertiary alicyclic amines) is 1. The normalized spacial score (nSPS) is 19.5. The summed E-state index contributed by atoms with van der Waals surface area (Å²) in [5.74, 6) is 1.12. The van der Waals surface area contributed by atoms with Crippen LogP contribution in [0.15, 0.2) is 25.0 Å². The molecule has 1 aliphatic carbocycles. The largest absolute Gasteiger partial charge is 0.350 e. The fourth-order valence-corrected chi connectivity index (χ4v) is 3.62. The van der Waals surface area contributed by atoms with Crippen molar-refractivity contribution in [3.05, 3.63) is 30.7 Å². The van der Waals surface area contributed by atoms with Crippen LogP contribution in [0.1, 0.15) is 31.4 Å². The highest BCUT2D eigenvalue weighted by Gasteiger charge is 2.36. The van der Waals surface area contributed by atoms with Crippen LogP contribution in [0.4, 0.5) is 5.82 Å². The van der Waals surface area contributed by atoms with Gasteiger partial charge in [0.05, 0.1) is 6.54 Å². The quantitative estimate of drug-likeness (QED) is 0.801. The van der Waals surface area contributed by atoms with Crippen LogP contribution in [0.3, 0.4) is 0 Å². The number of aryl methyl sites for hydroxylation is 1. The molecule has 0 N–H and O–H groups in total. The van der Waals surface area contributed by atoms with Gasteiger partial charge in [0.25, 0.3) is 0 Å². The topological polar surface area (TPSA) is 63.0 Å². The molecule has 2 fully saturated rings. The fraction of sp³-hybridized carbons (Fsp3) is 0.647. The van der Waals surface area contributed by atoms with Crippen LogP contribution in [0.25, 0.3) is 0 Å². The Bertz CT molecular complexity index is 645. The lowest BCUT2D eigenvalue weighted by Gasteiger charge is -2.39. The van der Waals surface area contributed by atoms with Crippen molar-refractivity contribution < 1.29 is 0 Å². The summed E-state index contributed by atoms with van der Waals surface area (Å²) in [6.45, 7) is 6.30. The molecule has 0 radical (unpaired) electrons. The van der Waals surface area contributed by atoms with E-state index in [0.29, 0.717) is 12.1 Å². The number of aromatic nitrogens is 5. The molecule has 4 rings (SSSR count). The molecule has 0 spiro atoms. The number of nitrogens with zero attached hydrogens (tertiary/aromatic N) is 7. The van der Waals surface area contributed by atoms with Crippen molar-refractivity contribution in [2.45, 2.75) is 51.2 Å². The van der Waals surface area contributed by atoms with Gasteiger partial charge in [-0.25, -0.2) is 15.0 Å².